The van der Waals surface area contributed by atoms with E-state index < -0.39 is 5.56 Å². The highest BCUT2D eigenvalue weighted by atomic mass is 16.1. The highest BCUT2D eigenvalue weighted by Gasteiger charge is 2.08. The minimum atomic E-state index is -0.426. The van der Waals surface area contributed by atoms with Gasteiger partial charge in [-0.3, -0.25) is 14.7 Å². The van der Waals surface area contributed by atoms with Gasteiger partial charge in [0.2, 0.25) is 5.43 Å². The largest absolute Gasteiger partial charge is 0.320 e. The lowest BCUT2D eigenvalue weighted by Gasteiger charge is -1.93. The number of nitrogens with zero attached hydrogens (tertiary/aromatic N) is 2. The van der Waals surface area contributed by atoms with Crippen molar-refractivity contribution in [2.75, 3.05) is 0 Å². The summed E-state index contributed by atoms with van der Waals surface area (Å²) in [5, 5.41) is 10.0. The Morgan fingerprint density at radius 1 is 1.24 bits per heavy atom. The summed E-state index contributed by atoms with van der Waals surface area (Å²) >= 11 is 0. The number of H-pyrrole nitrogens is 2. The Morgan fingerprint density at radius 2 is 2.06 bits per heavy atom. The smallest absolute Gasteiger partial charge is 0.278 e. The summed E-state index contributed by atoms with van der Waals surface area (Å²) in [4.78, 5) is 26.6. The van der Waals surface area contributed by atoms with Crippen molar-refractivity contribution in [1.29, 1.82) is 0 Å². The van der Waals surface area contributed by atoms with Crippen LogP contribution < -0.4 is 11.0 Å². The van der Waals surface area contributed by atoms with Gasteiger partial charge >= 0.3 is 0 Å². The van der Waals surface area contributed by atoms with Crippen molar-refractivity contribution in [2.45, 2.75) is 6.92 Å². The summed E-state index contributed by atoms with van der Waals surface area (Å²) in [6.45, 7) is 1.88. The van der Waals surface area contributed by atoms with Crippen LogP contribution in [0.3, 0.4) is 0 Å². The van der Waals surface area contributed by atoms with E-state index in [0.717, 1.165) is 5.56 Å². The number of nitrogens with one attached hydrogen (secondary N) is 2. The summed E-state index contributed by atoms with van der Waals surface area (Å²) in [7, 11) is 0. The molecule has 3 rings (SSSR count). The molecule has 2 N–H and O–H groups in total. The number of hydrogen-bond acceptors (Lipinski definition) is 4. The molecule has 0 radical (unpaired) electrons. The van der Waals surface area contributed by atoms with Gasteiger partial charge in [0.05, 0.1) is 5.52 Å². The molecular formula is C11H8N4O2. The fourth-order valence-electron chi connectivity index (χ4n) is 1.82. The molecule has 0 aliphatic heterocycles. The minimum absolute atomic E-state index is 0.0313. The number of aryl methyl sites for hydroxylation is 1. The first-order chi connectivity index (χ1) is 8.16. The molecule has 17 heavy (non-hydrogen) atoms. The maximum atomic E-state index is 12.2. The molecule has 2 aromatic heterocycles. The zero-order valence-corrected chi connectivity index (χ0v) is 8.94. The Kier molecular flexibility index (Phi) is 1.85. The predicted molar refractivity (Wildman–Crippen MR) is 63.0 cm³/mol. The molecule has 6 nitrogen and oxygen atoms in total. The molecule has 0 fully saturated rings. The summed E-state index contributed by atoms with van der Waals surface area (Å²) in [6, 6.07) is 5.27. The van der Waals surface area contributed by atoms with Crippen molar-refractivity contribution < 1.29 is 0 Å². The zero-order valence-electron chi connectivity index (χ0n) is 8.94. The fourth-order valence-corrected chi connectivity index (χ4v) is 1.82. The van der Waals surface area contributed by atoms with Gasteiger partial charge in [0, 0.05) is 5.39 Å². The van der Waals surface area contributed by atoms with Crippen LogP contribution in [0.25, 0.3) is 21.9 Å². The molecule has 3 aromatic rings. The predicted octanol–water partition coefficient (Wildman–Crippen LogP) is 0.468. The van der Waals surface area contributed by atoms with Crippen molar-refractivity contribution in [3.05, 3.63) is 44.3 Å². The van der Waals surface area contributed by atoms with E-state index in [-0.39, 0.29) is 16.5 Å². The molecule has 0 saturated heterocycles. The van der Waals surface area contributed by atoms with E-state index in [1.54, 1.807) is 12.1 Å². The van der Waals surface area contributed by atoms with Crippen molar-refractivity contribution >= 4 is 21.9 Å². The van der Waals surface area contributed by atoms with Crippen LogP contribution in [-0.4, -0.2) is 20.4 Å². The van der Waals surface area contributed by atoms with Gasteiger partial charge in [-0.25, -0.2) is 0 Å². The van der Waals surface area contributed by atoms with E-state index in [1.165, 1.54) is 0 Å². The Morgan fingerprint density at radius 3 is 2.88 bits per heavy atom. The van der Waals surface area contributed by atoms with Gasteiger partial charge in [0.1, 0.15) is 5.52 Å². The zero-order chi connectivity index (χ0) is 12.0. The lowest BCUT2D eigenvalue weighted by Crippen LogP contribution is -2.02. The second kappa shape index (κ2) is 3.24. The quantitative estimate of drug-likeness (QED) is 0.585. The van der Waals surface area contributed by atoms with Gasteiger partial charge in [-0.05, 0) is 19.1 Å². The van der Waals surface area contributed by atoms with Gasteiger partial charge in [-0.15, -0.1) is 5.10 Å². The Labute approximate surface area is 94.3 Å². The minimum Gasteiger partial charge on any atom is -0.320 e. The van der Waals surface area contributed by atoms with E-state index in [9.17, 15) is 9.59 Å². The summed E-state index contributed by atoms with van der Waals surface area (Å²) in [6.07, 6.45) is 0. The van der Waals surface area contributed by atoms with Crippen molar-refractivity contribution in [2.24, 2.45) is 0 Å². The number of rotatable bonds is 0. The highest BCUT2D eigenvalue weighted by molar-refractivity contribution is 5.86. The Hall–Kier alpha value is -2.50. The number of aromatic nitrogens is 4. The van der Waals surface area contributed by atoms with Crippen LogP contribution >= 0.6 is 0 Å². The molecule has 0 saturated carbocycles. The van der Waals surface area contributed by atoms with Crippen molar-refractivity contribution in [3.63, 3.8) is 0 Å². The molecule has 1 aromatic carbocycles. The third kappa shape index (κ3) is 1.34. The lowest BCUT2D eigenvalue weighted by atomic mass is 10.1. The fraction of sp³-hybridized carbons (Fsp3) is 0.0909. The van der Waals surface area contributed by atoms with Crippen molar-refractivity contribution in [3.8, 4) is 0 Å². The Bertz CT molecular complexity index is 847. The normalized spacial score (nSPS) is 11.1. The maximum Gasteiger partial charge on any atom is 0.278 e. The topological polar surface area (TPSA) is 91.5 Å². The lowest BCUT2D eigenvalue weighted by molar-refractivity contribution is 0.955. The van der Waals surface area contributed by atoms with Gasteiger partial charge < -0.3 is 4.98 Å². The van der Waals surface area contributed by atoms with E-state index in [1.807, 2.05) is 13.0 Å². The molecule has 0 atom stereocenters. The molecule has 0 amide bonds. The first kappa shape index (κ1) is 9.71. The van der Waals surface area contributed by atoms with Crippen LogP contribution in [0.15, 0.2) is 27.8 Å². The third-order valence-electron chi connectivity index (χ3n) is 2.66. The molecule has 0 bridgehead atoms. The summed E-state index contributed by atoms with van der Waals surface area (Å²) < 4.78 is 0. The van der Waals surface area contributed by atoms with E-state index in [4.69, 9.17) is 0 Å². The van der Waals surface area contributed by atoms with Gasteiger partial charge in [0.25, 0.3) is 5.56 Å². The highest BCUT2D eigenvalue weighted by Crippen LogP contribution is 2.09. The SMILES string of the molecule is Cc1ccc2[nH]c(=O)c3nn[nH]c3c(=O)c2c1. The standard InChI is InChI=1S/C11H8N4O2/c1-5-2-3-7-6(4-5)10(16)8-9(11(17)12-7)14-15-13-8/h2-4H,1H3,(H,12,17)(H,13,14,15). The second-order valence-corrected chi connectivity index (χ2v) is 3.87. The van der Waals surface area contributed by atoms with E-state index >= 15 is 0 Å². The molecule has 0 unspecified atom stereocenters. The average Bonchev–Trinajstić information content (AvgIpc) is 2.76. The van der Waals surface area contributed by atoms with Gasteiger partial charge in [0.15, 0.2) is 5.52 Å². The Balaban J connectivity index is 2.75. The van der Waals surface area contributed by atoms with Crippen LogP contribution in [-0.2, 0) is 0 Å². The van der Waals surface area contributed by atoms with E-state index in [0.29, 0.717) is 10.9 Å². The van der Waals surface area contributed by atoms with Crippen LogP contribution in [0, 0.1) is 6.92 Å². The molecular weight excluding hydrogens is 220 g/mol. The molecule has 0 aliphatic carbocycles. The number of fused-ring (bicyclic) bond motifs is 2. The molecule has 0 spiro atoms. The molecule has 84 valence electrons. The van der Waals surface area contributed by atoms with Crippen LogP contribution in [0.2, 0.25) is 0 Å². The number of benzene rings is 1. The third-order valence-corrected chi connectivity index (χ3v) is 2.66. The summed E-state index contributed by atoms with van der Waals surface area (Å²) in [5.41, 5.74) is 0.904. The summed E-state index contributed by atoms with van der Waals surface area (Å²) in [5.74, 6) is 0. The molecule has 2 heterocycles. The monoisotopic (exact) mass is 228 g/mol. The number of hydrogen-bond donors (Lipinski definition) is 2. The molecule has 0 aliphatic rings. The van der Waals surface area contributed by atoms with E-state index in [2.05, 4.69) is 20.4 Å². The second-order valence-electron chi connectivity index (χ2n) is 3.87. The van der Waals surface area contributed by atoms with Crippen LogP contribution in [0.1, 0.15) is 5.56 Å². The van der Waals surface area contributed by atoms with Crippen LogP contribution in [0.5, 0.6) is 0 Å². The first-order valence-electron chi connectivity index (χ1n) is 5.04. The van der Waals surface area contributed by atoms with Gasteiger partial charge in [-0.1, -0.05) is 16.8 Å². The molecule has 6 heteroatoms. The number of aromatic amines is 2. The van der Waals surface area contributed by atoms with Crippen molar-refractivity contribution in [1.82, 2.24) is 20.4 Å². The maximum absolute atomic E-state index is 12.2. The van der Waals surface area contributed by atoms with Gasteiger partial charge in [-0.2, -0.15) is 0 Å². The first-order valence-corrected chi connectivity index (χ1v) is 5.04. The average molecular weight is 228 g/mol. The van der Waals surface area contributed by atoms with Crippen LogP contribution in [0.4, 0.5) is 0 Å².